The Labute approximate surface area is 120 Å². The van der Waals surface area contributed by atoms with E-state index in [1.165, 1.54) is 0 Å². The predicted molar refractivity (Wildman–Crippen MR) is 77.3 cm³/mol. The molecule has 21 heavy (non-hydrogen) atoms. The number of nitrogens with one attached hydrogen (secondary N) is 1. The zero-order valence-corrected chi connectivity index (χ0v) is 11.1. The van der Waals surface area contributed by atoms with Crippen molar-refractivity contribution in [2.24, 2.45) is 5.84 Å². The highest BCUT2D eigenvalue weighted by atomic mass is 19.1. The maximum atomic E-state index is 13.9. The third-order valence-electron chi connectivity index (χ3n) is 3.40. The molecule has 3 rings (SSSR count). The molecule has 5 heteroatoms. The average Bonchev–Trinajstić information content (AvgIpc) is 2.51. The number of nitrogens with zero attached hydrogens (tertiary/aromatic N) is 1. The van der Waals surface area contributed by atoms with Gasteiger partial charge >= 0.3 is 0 Å². The van der Waals surface area contributed by atoms with Gasteiger partial charge in [0.15, 0.2) is 0 Å². The standard InChI is InChI=1S/C16H13F2N3/c17-12-4-5-14(18)13(9-12)16(21-19)11-3-6-15-10(8-11)2-1-7-20-15/h1-9,16,21H,19H2. The summed E-state index contributed by atoms with van der Waals surface area (Å²) in [7, 11) is 0. The second kappa shape index (κ2) is 5.55. The summed E-state index contributed by atoms with van der Waals surface area (Å²) in [5, 5.41) is 0.909. The Kier molecular flexibility index (Phi) is 3.60. The van der Waals surface area contributed by atoms with Crippen LogP contribution in [-0.2, 0) is 0 Å². The minimum Gasteiger partial charge on any atom is -0.271 e. The summed E-state index contributed by atoms with van der Waals surface area (Å²) in [6, 6.07) is 11.9. The molecule has 1 heterocycles. The molecule has 0 saturated heterocycles. The maximum Gasteiger partial charge on any atom is 0.128 e. The number of halogens is 2. The fourth-order valence-corrected chi connectivity index (χ4v) is 2.38. The molecule has 1 unspecified atom stereocenters. The van der Waals surface area contributed by atoms with Crippen LogP contribution in [0.2, 0.25) is 0 Å². The van der Waals surface area contributed by atoms with Crippen LogP contribution in [0.1, 0.15) is 17.2 Å². The van der Waals surface area contributed by atoms with Crippen LogP contribution in [0, 0.1) is 11.6 Å². The van der Waals surface area contributed by atoms with Gasteiger partial charge in [0.1, 0.15) is 11.6 Å². The second-order valence-electron chi connectivity index (χ2n) is 4.72. The number of benzene rings is 2. The Balaban J connectivity index is 2.11. The van der Waals surface area contributed by atoms with E-state index in [-0.39, 0.29) is 5.56 Å². The lowest BCUT2D eigenvalue weighted by atomic mass is 9.97. The highest BCUT2D eigenvalue weighted by Gasteiger charge is 2.17. The third-order valence-corrected chi connectivity index (χ3v) is 3.40. The Morgan fingerprint density at radius 1 is 1.05 bits per heavy atom. The van der Waals surface area contributed by atoms with Gasteiger partial charge in [0.25, 0.3) is 0 Å². The van der Waals surface area contributed by atoms with Crippen molar-refractivity contribution in [3.05, 3.63) is 77.5 Å². The molecule has 3 nitrogen and oxygen atoms in total. The molecule has 106 valence electrons. The van der Waals surface area contributed by atoms with E-state index >= 15 is 0 Å². The van der Waals surface area contributed by atoms with E-state index in [2.05, 4.69) is 10.4 Å². The van der Waals surface area contributed by atoms with Gasteiger partial charge in [0, 0.05) is 17.1 Å². The van der Waals surface area contributed by atoms with E-state index < -0.39 is 17.7 Å². The maximum absolute atomic E-state index is 13.9. The van der Waals surface area contributed by atoms with E-state index in [1.807, 2.05) is 24.3 Å². The molecule has 0 radical (unpaired) electrons. The first-order chi connectivity index (χ1) is 10.2. The summed E-state index contributed by atoms with van der Waals surface area (Å²) in [5.74, 6) is 4.53. The predicted octanol–water partition coefficient (Wildman–Crippen LogP) is 3.07. The summed E-state index contributed by atoms with van der Waals surface area (Å²) < 4.78 is 27.3. The minimum atomic E-state index is -0.634. The molecule has 0 aliphatic heterocycles. The number of rotatable bonds is 3. The zero-order chi connectivity index (χ0) is 14.8. The number of hydrogen-bond acceptors (Lipinski definition) is 3. The lowest BCUT2D eigenvalue weighted by molar-refractivity contribution is 0.546. The SMILES string of the molecule is NNC(c1ccc2ncccc2c1)c1cc(F)ccc1F. The Morgan fingerprint density at radius 3 is 2.71 bits per heavy atom. The number of pyridine rings is 1. The number of fused-ring (bicyclic) bond motifs is 1. The fourth-order valence-electron chi connectivity index (χ4n) is 2.38. The van der Waals surface area contributed by atoms with Crippen molar-refractivity contribution in [2.45, 2.75) is 6.04 Å². The summed E-state index contributed by atoms with van der Waals surface area (Å²) in [4.78, 5) is 4.23. The fraction of sp³-hybridized carbons (Fsp3) is 0.0625. The van der Waals surface area contributed by atoms with Crippen LogP contribution >= 0.6 is 0 Å². The van der Waals surface area contributed by atoms with Gasteiger partial charge in [0.05, 0.1) is 11.6 Å². The molecular weight excluding hydrogens is 272 g/mol. The third kappa shape index (κ3) is 2.61. The summed E-state index contributed by atoms with van der Waals surface area (Å²) in [6.07, 6.45) is 1.70. The van der Waals surface area contributed by atoms with Crippen LogP contribution in [0.4, 0.5) is 8.78 Å². The van der Waals surface area contributed by atoms with Crippen LogP contribution in [0.15, 0.2) is 54.7 Å². The Bertz CT molecular complexity index is 789. The van der Waals surface area contributed by atoms with E-state index in [1.54, 1.807) is 12.3 Å². The number of aromatic nitrogens is 1. The van der Waals surface area contributed by atoms with Gasteiger partial charge in [-0.1, -0.05) is 12.1 Å². The van der Waals surface area contributed by atoms with E-state index in [0.29, 0.717) is 0 Å². The van der Waals surface area contributed by atoms with E-state index in [9.17, 15) is 8.78 Å². The Hall–Kier alpha value is -2.37. The van der Waals surface area contributed by atoms with E-state index in [0.717, 1.165) is 34.7 Å². The highest BCUT2D eigenvalue weighted by molar-refractivity contribution is 5.79. The summed E-state index contributed by atoms with van der Waals surface area (Å²) >= 11 is 0. The second-order valence-corrected chi connectivity index (χ2v) is 4.72. The normalized spacial score (nSPS) is 12.5. The van der Waals surface area contributed by atoms with Crippen molar-refractivity contribution < 1.29 is 8.78 Å². The topological polar surface area (TPSA) is 50.9 Å². The molecule has 1 atom stereocenters. The van der Waals surface area contributed by atoms with Gasteiger partial charge in [0.2, 0.25) is 0 Å². The lowest BCUT2D eigenvalue weighted by Gasteiger charge is -2.18. The van der Waals surface area contributed by atoms with Gasteiger partial charge in [-0.25, -0.2) is 14.2 Å². The Morgan fingerprint density at radius 2 is 1.90 bits per heavy atom. The van der Waals surface area contributed by atoms with Crippen molar-refractivity contribution in [1.82, 2.24) is 10.4 Å². The molecule has 0 saturated carbocycles. The van der Waals surface area contributed by atoms with Crippen molar-refractivity contribution in [3.63, 3.8) is 0 Å². The zero-order valence-electron chi connectivity index (χ0n) is 11.1. The van der Waals surface area contributed by atoms with Crippen LogP contribution in [-0.4, -0.2) is 4.98 Å². The van der Waals surface area contributed by atoms with Gasteiger partial charge < -0.3 is 0 Å². The van der Waals surface area contributed by atoms with Crippen LogP contribution in [0.25, 0.3) is 10.9 Å². The number of hydrazine groups is 1. The minimum absolute atomic E-state index is 0.167. The molecule has 0 aliphatic rings. The van der Waals surface area contributed by atoms with Crippen molar-refractivity contribution in [3.8, 4) is 0 Å². The van der Waals surface area contributed by atoms with Crippen LogP contribution < -0.4 is 11.3 Å². The first-order valence-corrected chi connectivity index (χ1v) is 6.45. The molecule has 0 fully saturated rings. The van der Waals surface area contributed by atoms with Gasteiger partial charge in [-0.15, -0.1) is 0 Å². The van der Waals surface area contributed by atoms with Gasteiger partial charge in [-0.05, 0) is 42.0 Å². The summed E-state index contributed by atoms with van der Waals surface area (Å²) in [5.41, 5.74) is 4.28. The average molecular weight is 285 g/mol. The molecule has 0 amide bonds. The number of nitrogens with two attached hydrogens (primary N) is 1. The molecule has 2 aromatic carbocycles. The van der Waals surface area contributed by atoms with Gasteiger partial charge in [-0.3, -0.25) is 10.8 Å². The van der Waals surface area contributed by atoms with Crippen molar-refractivity contribution >= 4 is 10.9 Å². The monoisotopic (exact) mass is 285 g/mol. The molecule has 1 aromatic heterocycles. The van der Waals surface area contributed by atoms with Crippen molar-refractivity contribution in [2.75, 3.05) is 0 Å². The van der Waals surface area contributed by atoms with E-state index in [4.69, 9.17) is 5.84 Å². The van der Waals surface area contributed by atoms with Crippen LogP contribution in [0.5, 0.6) is 0 Å². The number of hydrogen-bond donors (Lipinski definition) is 2. The van der Waals surface area contributed by atoms with Crippen molar-refractivity contribution in [1.29, 1.82) is 0 Å². The first-order valence-electron chi connectivity index (χ1n) is 6.45. The molecule has 0 bridgehead atoms. The first kappa shape index (κ1) is 13.6. The summed E-state index contributed by atoms with van der Waals surface area (Å²) in [6.45, 7) is 0. The smallest absolute Gasteiger partial charge is 0.128 e. The molecule has 3 aromatic rings. The lowest BCUT2D eigenvalue weighted by Crippen LogP contribution is -2.29. The molecule has 3 N–H and O–H groups in total. The van der Waals surface area contributed by atoms with Crippen LogP contribution in [0.3, 0.4) is 0 Å². The molecule has 0 spiro atoms. The largest absolute Gasteiger partial charge is 0.271 e. The molecular formula is C16H13F2N3. The molecule has 0 aliphatic carbocycles. The highest BCUT2D eigenvalue weighted by Crippen LogP contribution is 2.26. The van der Waals surface area contributed by atoms with Gasteiger partial charge in [-0.2, -0.15) is 0 Å². The quantitative estimate of drug-likeness (QED) is 0.574.